The molecule has 0 atom stereocenters. The fraction of sp³-hybridized carbons (Fsp3) is 0.269. The molecule has 184 valence electrons. The van der Waals surface area contributed by atoms with E-state index < -0.39 is 0 Å². The van der Waals surface area contributed by atoms with Crippen molar-refractivity contribution in [2.24, 2.45) is 0 Å². The van der Waals surface area contributed by atoms with Crippen molar-refractivity contribution in [1.29, 1.82) is 5.26 Å². The van der Waals surface area contributed by atoms with Gasteiger partial charge in [0, 0.05) is 45.0 Å². The lowest BCUT2D eigenvalue weighted by Crippen LogP contribution is -2.44. The maximum absolute atomic E-state index is 9.78. The average Bonchev–Trinajstić information content (AvgIpc) is 3.32. The number of pyridine rings is 2. The van der Waals surface area contributed by atoms with E-state index in [0.29, 0.717) is 32.7 Å². The van der Waals surface area contributed by atoms with E-state index in [1.54, 1.807) is 36.8 Å². The summed E-state index contributed by atoms with van der Waals surface area (Å²) >= 11 is 14.2. The Morgan fingerprint density at radius 1 is 1.14 bits per heavy atom. The summed E-state index contributed by atoms with van der Waals surface area (Å²) in [7, 11) is 3.70. The van der Waals surface area contributed by atoms with Crippen LogP contribution in [0.5, 0.6) is 5.75 Å². The Labute approximate surface area is 223 Å². The van der Waals surface area contributed by atoms with Crippen molar-refractivity contribution < 1.29 is 4.74 Å². The molecule has 1 N–H and O–H groups in total. The summed E-state index contributed by atoms with van der Waals surface area (Å²) in [6.07, 6.45) is 1.57. The zero-order chi connectivity index (χ0) is 25.2. The summed E-state index contributed by atoms with van der Waals surface area (Å²) in [5.41, 5.74) is 4.35. The number of nitrogens with one attached hydrogen (secondary N) is 1. The first kappa shape index (κ1) is 24.8. The van der Waals surface area contributed by atoms with Crippen molar-refractivity contribution in [2.45, 2.75) is 6.54 Å². The fourth-order valence-electron chi connectivity index (χ4n) is 4.17. The SMILES string of the molecule is COc1cc(Nc2c(C#N)cnc3cc(-c4cccc(CN5CCN(C)CC5)n4)sc23)c(Cl)cc1Cl. The van der Waals surface area contributed by atoms with Crippen LogP contribution in [-0.2, 0) is 6.54 Å². The normalized spacial score (nSPS) is 14.6. The van der Waals surface area contributed by atoms with Gasteiger partial charge >= 0.3 is 0 Å². The van der Waals surface area contributed by atoms with Gasteiger partial charge < -0.3 is 15.0 Å². The number of halogens is 2. The number of likely N-dealkylation sites (N-methyl/N-ethyl adjacent to an activating group) is 1. The van der Waals surface area contributed by atoms with Crippen molar-refractivity contribution in [3.05, 3.63) is 63.9 Å². The number of nitrogens with zero attached hydrogens (tertiary/aromatic N) is 5. The minimum atomic E-state index is 0.411. The molecule has 1 saturated heterocycles. The number of benzene rings is 1. The molecule has 36 heavy (non-hydrogen) atoms. The predicted molar refractivity (Wildman–Crippen MR) is 147 cm³/mol. The molecular formula is C26H24Cl2N6OS. The minimum absolute atomic E-state index is 0.411. The largest absolute Gasteiger partial charge is 0.495 e. The Kier molecular flexibility index (Phi) is 7.28. The molecule has 7 nitrogen and oxygen atoms in total. The molecule has 1 aromatic carbocycles. The van der Waals surface area contributed by atoms with E-state index >= 15 is 0 Å². The van der Waals surface area contributed by atoms with Gasteiger partial charge in [0.15, 0.2) is 0 Å². The Morgan fingerprint density at radius 2 is 1.94 bits per heavy atom. The third kappa shape index (κ3) is 5.12. The van der Waals surface area contributed by atoms with Crippen LogP contribution in [0.2, 0.25) is 10.0 Å². The maximum Gasteiger partial charge on any atom is 0.139 e. The van der Waals surface area contributed by atoms with E-state index in [1.165, 1.54) is 0 Å². The Bertz CT molecular complexity index is 1460. The van der Waals surface area contributed by atoms with Gasteiger partial charge in [-0.1, -0.05) is 29.3 Å². The molecule has 5 rings (SSSR count). The van der Waals surface area contributed by atoms with Crippen molar-refractivity contribution in [3.8, 4) is 22.4 Å². The van der Waals surface area contributed by atoms with Crippen LogP contribution in [0.3, 0.4) is 0 Å². The molecular weight excluding hydrogens is 515 g/mol. The van der Waals surface area contributed by atoms with E-state index in [9.17, 15) is 5.26 Å². The van der Waals surface area contributed by atoms with Crippen LogP contribution in [-0.4, -0.2) is 60.1 Å². The summed E-state index contributed by atoms with van der Waals surface area (Å²) in [6.45, 7) is 5.05. The first-order valence-corrected chi connectivity index (χ1v) is 13.0. The zero-order valence-electron chi connectivity index (χ0n) is 19.9. The van der Waals surface area contributed by atoms with Crippen molar-refractivity contribution >= 4 is 56.1 Å². The number of fused-ring (bicyclic) bond motifs is 1. The molecule has 1 fully saturated rings. The molecule has 0 saturated carbocycles. The fourth-order valence-corrected chi connectivity index (χ4v) is 5.76. The van der Waals surface area contributed by atoms with Gasteiger partial charge in [0.2, 0.25) is 0 Å². The molecule has 1 aliphatic heterocycles. The molecule has 4 aromatic rings. The Morgan fingerprint density at radius 3 is 2.69 bits per heavy atom. The highest BCUT2D eigenvalue weighted by molar-refractivity contribution is 7.22. The topological polar surface area (TPSA) is 77.3 Å². The highest BCUT2D eigenvalue weighted by atomic mass is 35.5. The van der Waals surface area contributed by atoms with E-state index in [1.807, 2.05) is 18.2 Å². The monoisotopic (exact) mass is 538 g/mol. The Balaban J connectivity index is 1.49. The van der Waals surface area contributed by atoms with Crippen LogP contribution in [0.4, 0.5) is 11.4 Å². The van der Waals surface area contributed by atoms with Crippen LogP contribution in [0.15, 0.2) is 42.6 Å². The number of aromatic nitrogens is 2. The number of piperazine rings is 1. The molecule has 1 aliphatic rings. The lowest BCUT2D eigenvalue weighted by atomic mass is 10.2. The smallest absolute Gasteiger partial charge is 0.139 e. The molecule has 10 heteroatoms. The number of thiophene rings is 1. The summed E-state index contributed by atoms with van der Waals surface area (Å²) in [4.78, 5) is 15.2. The maximum atomic E-state index is 9.78. The molecule has 0 radical (unpaired) electrons. The zero-order valence-corrected chi connectivity index (χ0v) is 22.2. The lowest BCUT2D eigenvalue weighted by molar-refractivity contribution is 0.147. The summed E-state index contributed by atoms with van der Waals surface area (Å²) in [5, 5.41) is 13.9. The van der Waals surface area contributed by atoms with Crippen molar-refractivity contribution in [2.75, 3.05) is 45.7 Å². The number of hydrogen-bond acceptors (Lipinski definition) is 8. The lowest BCUT2D eigenvalue weighted by Gasteiger charge is -2.32. The van der Waals surface area contributed by atoms with Crippen LogP contribution < -0.4 is 10.1 Å². The number of anilines is 2. The van der Waals surface area contributed by atoms with E-state index in [4.69, 9.17) is 32.9 Å². The third-order valence-electron chi connectivity index (χ3n) is 6.20. The molecule has 0 aliphatic carbocycles. The molecule has 3 aromatic heterocycles. The van der Waals surface area contributed by atoms with Crippen LogP contribution in [0.25, 0.3) is 20.8 Å². The number of methoxy groups -OCH3 is 1. The van der Waals surface area contributed by atoms with Crippen LogP contribution in [0.1, 0.15) is 11.3 Å². The first-order valence-electron chi connectivity index (χ1n) is 11.4. The van der Waals surface area contributed by atoms with Gasteiger partial charge in [0.25, 0.3) is 0 Å². The van der Waals surface area contributed by atoms with Gasteiger partial charge in [-0.15, -0.1) is 11.3 Å². The Hall–Kier alpha value is -2.93. The van der Waals surface area contributed by atoms with Gasteiger partial charge in [-0.2, -0.15) is 5.26 Å². The van der Waals surface area contributed by atoms with E-state index in [2.05, 4.69) is 39.3 Å². The van der Waals surface area contributed by atoms with E-state index in [-0.39, 0.29) is 0 Å². The number of hydrogen-bond donors (Lipinski definition) is 1. The quantitative estimate of drug-likeness (QED) is 0.320. The van der Waals surface area contributed by atoms with E-state index in [0.717, 1.165) is 59.2 Å². The van der Waals surface area contributed by atoms with Gasteiger partial charge in [0.05, 0.1) is 60.6 Å². The summed E-state index contributed by atoms with van der Waals surface area (Å²) < 4.78 is 6.18. The number of nitriles is 1. The third-order valence-corrected chi connectivity index (χ3v) is 7.98. The molecule has 4 heterocycles. The number of ether oxygens (including phenoxy) is 1. The highest BCUT2D eigenvalue weighted by Gasteiger charge is 2.18. The second-order valence-corrected chi connectivity index (χ2v) is 10.5. The second-order valence-electron chi connectivity index (χ2n) is 8.67. The summed E-state index contributed by atoms with van der Waals surface area (Å²) in [6, 6.07) is 13.7. The average molecular weight is 539 g/mol. The minimum Gasteiger partial charge on any atom is -0.495 e. The van der Waals surface area contributed by atoms with Gasteiger partial charge in [-0.3, -0.25) is 14.9 Å². The molecule has 0 spiro atoms. The second kappa shape index (κ2) is 10.6. The summed E-state index contributed by atoms with van der Waals surface area (Å²) in [5.74, 6) is 0.487. The van der Waals surface area contributed by atoms with Gasteiger partial charge in [0.1, 0.15) is 11.8 Å². The van der Waals surface area contributed by atoms with Crippen molar-refractivity contribution in [1.82, 2.24) is 19.8 Å². The highest BCUT2D eigenvalue weighted by Crippen LogP contribution is 2.41. The van der Waals surface area contributed by atoms with Gasteiger partial charge in [-0.25, -0.2) is 0 Å². The standard InChI is InChI=1S/C26H24Cl2N6OS/c1-33-6-8-34(9-7-33)15-17-4-3-5-20(31-17)24-12-22-26(36-24)25(16(13-29)14-30-22)32-21-11-23(35-2)19(28)10-18(21)27/h3-5,10-12,14H,6-9,15H2,1-2H3,(H,30,32). The van der Waals surface area contributed by atoms with Crippen LogP contribution in [0, 0.1) is 11.3 Å². The predicted octanol–water partition coefficient (Wildman–Crippen LogP) is 6.04. The molecule has 0 unspecified atom stereocenters. The molecule has 0 amide bonds. The van der Waals surface area contributed by atoms with Gasteiger partial charge in [-0.05, 0) is 31.3 Å². The number of rotatable bonds is 6. The first-order chi connectivity index (χ1) is 17.4. The van der Waals surface area contributed by atoms with Crippen LogP contribution >= 0.6 is 34.5 Å². The van der Waals surface area contributed by atoms with Crippen molar-refractivity contribution in [3.63, 3.8) is 0 Å². The molecule has 0 bridgehead atoms.